The molecule has 2 nitrogen and oxygen atoms in total. The molecule has 25 heavy (non-hydrogen) atoms. The Kier molecular flexibility index (Phi) is 4.05. The fourth-order valence-electron chi connectivity index (χ4n) is 6.27. The molecule has 1 spiro atoms. The quantitative estimate of drug-likeness (QED) is 0.593. The molecule has 2 bridgehead atoms. The van der Waals surface area contributed by atoms with E-state index < -0.39 is 0 Å². The van der Waals surface area contributed by atoms with Crippen molar-refractivity contribution in [2.24, 2.45) is 16.8 Å². The number of hydrogen-bond donors (Lipinski definition) is 0. The minimum absolute atomic E-state index is 0.132. The van der Waals surface area contributed by atoms with Crippen LogP contribution >= 0.6 is 23.2 Å². The third kappa shape index (κ3) is 2.55. The summed E-state index contributed by atoms with van der Waals surface area (Å²) in [6.45, 7) is 2.42. The average Bonchev–Trinajstić information content (AvgIpc) is 3.34. The van der Waals surface area contributed by atoms with Gasteiger partial charge in [-0.05, 0) is 74.5 Å². The summed E-state index contributed by atoms with van der Waals surface area (Å²) in [5, 5.41) is 1.35. The second-order valence-corrected chi connectivity index (χ2v) is 9.30. The Morgan fingerprint density at radius 3 is 2.68 bits per heavy atom. The third-order valence-electron chi connectivity index (χ3n) is 7.30. The van der Waals surface area contributed by atoms with Crippen LogP contribution in [0.1, 0.15) is 62.8 Å². The van der Waals surface area contributed by atoms with Gasteiger partial charge in [0.15, 0.2) is 0 Å². The van der Waals surface area contributed by atoms with E-state index in [1.54, 1.807) is 0 Å². The number of aliphatic imine (C=N–C) groups is 1. The molecule has 2 aliphatic heterocycles. The van der Waals surface area contributed by atoms with Crippen molar-refractivity contribution in [2.75, 3.05) is 13.1 Å². The fraction of sp³-hybridized carbons (Fsp3) is 0.667. The van der Waals surface area contributed by atoms with Crippen molar-refractivity contribution in [3.05, 3.63) is 33.8 Å². The Morgan fingerprint density at radius 2 is 1.88 bits per heavy atom. The first kappa shape index (κ1) is 16.4. The molecule has 0 N–H and O–H groups in total. The first-order chi connectivity index (χ1) is 12.2. The predicted molar refractivity (Wildman–Crippen MR) is 105 cm³/mol. The van der Waals surface area contributed by atoms with E-state index in [4.69, 9.17) is 28.2 Å². The maximum Gasteiger partial charge on any atom is 0.0997 e. The molecule has 0 radical (unpaired) electrons. The van der Waals surface area contributed by atoms with Gasteiger partial charge in [-0.25, -0.2) is 0 Å². The minimum Gasteiger partial charge on any atom is -0.360 e. The van der Waals surface area contributed by atoms with Crippen molar-refractivity contribution in [2.45, 2.75) is 62.8 Å². The van der Waals surface area contributed by atoms with Crippen molar-refractivity contribution >= 4 is 29.0 Å². The number of fused-ring (bicyclic) bond motifs is 3. The summed E-state index contributed by atoms with van der Waals surface area (Å²) in [6.07, 6.45) is 10.5. The zero-order chi connectivity index (χ0) is 17.0. The SMILES string of the molecule is Clc1ccc(C2C3CCC(C3)C23CCC(N2CCCCC2)=N3)cc1Cl. The molecular weight excluding hydrogens is 351 g/mol. The largest absolute Gasteiger partial charge is 0.360 e. The molecule has 3 fully saturated rings. The second kappa shape index (κ2) is 6.16. The molecule has 2 saturated carbocycles. The highest BCUT2D eigenvalue weighted by atomic mass is 35.5. The highest BCUT2D eigenvalue weighted by Crippen LogP contribution is 2.63. The predicted octanol–water partition coefficient (Wildman–Crippen LogP) is 5.92. The third-order valence-corrected chi connectivity index (χ3v) is 8.04. The van der Waals surface area contributed by atoms with Crippen LogP contribution in [-0.2, 0) is 0 Å². The first-order valence-corrected chi connectivity index (χ1v) is 10.7. The van der Waals surface area contributed by atoms with E-state index in [0.717, 1.165) is 11.8 Å². The number of piperidine rings is 1. The van der Waals surface area contributed by atoms with Crippen LogP contribution in [0.15, 0.2) is 23.2 Å². The maximum atomic E-state index is 6.36. The van der Waals surface area contributed by atoms with Crippen LogP contribution in [0.4, 0.5) is 0 Å². The first-order valence-electron chi connectivity index (χ1n) is 9.96. The highest BCUT2D eigenvalue weighted by Gasteiger charge is 2.60. The fourth-order valence-corrected chi connectivity index (χ4v) is 6.57. The molecule has 4 atom stereocenters. The van der Waals surface area contributed by atoms with Crippen LogP contribution in [0.25, 0.3) is 0 Å². The number of halogens is 2. The van der Waals surface area contributed by atoms with E-state index in [2.05, 4.69) is 17.0 Å². The van der Waals surface area contributed by atoms with Gasteiger partial charge in [0.2, 0.25) is 0 Å². The molecule has 1 aromatic rings. The molecule has 1 saturated heterocycles. The van der Waals surface area contributed by atoms with Crippen molar-refractivity contribution in [1.29, 1.82) is 0 Å². The molecule has 134 valence electrons. The summed E-state index contributed by atoms with van der Waals surface area (Å²) in [7, 11) is 0. The Hall–Kier alpha value is -0.730. The van der Waals surface area contributed by atoms with Crippen molar-refractivity contribution < 1.29 is 0 Å². The van der Waals surface area contributed by atoms with Gasteiger partial charge < -0.3 is 4.90 Å². The summed E-state index contributed by atoms with van der Waals surface area (Å²) in [5.74, 6) is 3.46. The molecule has 4 aliphatic rings. The Morgan fingerprint density at radius 1 is 1.04 bits per heavy atom. The summed E-state index contributed by atoms with van der Waals surface area (Å²) in [4.78, 5) is 8.08. The smallest absolute Gasteiger partial charge is 0.0997 e. The number of nitrogens with zero attached hydrogens (tertiary/aromatic N) is 2. The van der Waals surface area contributed by atoms with E-state index in [1.165, 1.54) is 75.9 Å². The maximum absolute atomic E-state index is 6.36. The van der Waals surface area contributed by atoms with Crippen molar-refractivity contribution in [3.8, 4) is 0 Å². The van der Waals surface area contributed by atoms with Crippen LogP contribution in [0, 0.1) is 11.8 Å². The lowest BCUT2D eigenvalue weighted by molar-refractivity contribution is 0.234. The number of amidine groups is 1. The molecule has 0 aromatic heterocycles. The van der Waals surface area contributed by atoms with Gasteiger partial charge >= 0.3 is 0 Å². The van der Waals surface area contributed by atoms with Gasteiger partial charge in [-0.3, -0.25) is 4.99 Å². The molecule has 2 aliphatic carbocycles. The monoisotopic (exact) mass is 376 g/mol. The van der Waals surface area contributed by atoms with Gasteiger partial charge in [0, 0.05) is 25.4 Å². The van der Waals surface area contributed by atoms with Gasteiger partial charge in [-0.2, -0.15) is 0 Å². The molecule has 2 heterocycles. The van der Waals surface area contributed by atoms with Gasteiger partial charge in [0.05, 0.1) is 21.4 Å². The average molecular weight is 377 g/mol. The lowest BCUT2D eigenvalue weighted by Gasteiger charge is -2.39. The topological polar surface area (TPSA) is 15.6 Å². The molecular formula is C21H26Cl2N2. The minimum atomic E-state index is 0.132. The lowest BCUT2D eigenvalue weighted by Crippen LogP contribution is -2.39. The van der Waals surface area contributed by atoms with Crippen LogP contribution in [0.5, 0.6) is 0 Å². The Balaban J connectivity index is 1.52. The van der Waals surface area contributed by atoms with Gasteiger partial charge in [-0.15, -0.1) is 0 Å². The van der Waals surface area contributed by atoms with Gasteiger partial charge in [-0.1, -0.05) is 29.3 Å². The van der Waals surface area contributed by atoms with Crippen LogP contribution in [0.3, 0.4) is 0 Å². The number of rotatable bonds is 1. The van der Waals surface area contributed by atoms with Gasteiger partial charge in [0.25, 0.3) is 0 Å². The number of likely N-dealkylation sites (tertiary alicyclic amines) is 1. The summed E-state index contributed by atoms with van der Waals surface area (Å²) >= 11 is 12.5. The second-order valence-electron chi connectivity index (χ2n) is 8.49. The zero-order valence-electron chi connectivity index (χ0n) is 14.7. The number of benzene rings is 1. The Bertz CT molecular complexity index is 710. The molecule has 1 aromatic carbocycles. The molecule has 4 heteroatoms. The van der Waals surface area contributed by atoms with E-state index in [-0.39, 0.29) is 5.54 Å². The van der Waals surface area contributed by atoms with Crippen molar-refractivity contribution in [1.82, 2.24) is 4.90 Å². The molecule has 4 unspecified atom stereocenters. The summed E-state index contributed by atoms with van der Waals surface area (Å²) < 4.78 is 0. The van der Waals surface area contributed by atoms with E-state index in [1.807, 2.05) is 6.07 Å². The highest BCUT2D eigenvalue weighted by molar-refractivity contribution is 6.42. The van der Waals surface area contributed by atoms with Crippen molar-refractivity contribution in [3.63, 3.8) is 0 Å². The summed E-state index contributed by atoms with van der Waals surface area (Å²) in [6, 6.07) is 6.30. The van der Waals surface area contributed by atoms with Crippen LogP contribution in [-0.4, -0.2) is 29.4 Å². The van der Waals surface area contributed by atoms with Crippen LogP contribution in [0.2, 0.25) is 10.0 Å². The normalized spacial score (nSPS) is 37.1. The van der Waals surface area contributed by atoms with E-state index in [9.17, 15) is 0 Å². The zero-order valence-corrected chi connectivity index (χ0v) is 16.2. The van der Waals surface area contributed by atoms with E-state index >= 15 is 0 Å². The molecule has 0 amide bonds. The number of hydrogen-bond acceptors (Lipinski definition) is 2. The van der Waals surface area contributed by atoms with Gasteiger partial charge in [0.1, 0.15) is 0 Å². The Labute approximate surface area is 160 Å². The standard InChI is InChI=1S/C21H26Cl2N2/c22-17-7-5-15(13-18(17)23)20-14-4-6-16(12-14)21(20)9-8-19(24-21)25-10-2-1-3-11-25/h5,7,13-14,16,20H,1-4,6,8-12H2. The summed E-state index contributed by atoms with van der Waals surface area (Å²) in [5.41, 5.74) is 1.50. The van der Waals surface area contributed by atoms with E-state index in [0.29, 0.717) is 16.0 Å². The lowest BCUT2D eigenvalue weighted by atomic mass is 9.69. The molecule has 5 rings (SSSR count). The van der Waals surface area contributed by atoms with Crippen LogP contribution < -0.4 is 0 Å².